The molecule has 1 saturated heterocycles. The van der Waals surface area contributed by atoms with Gasteiger partial charge in [-0.15, -0.1) is 0 Å². The van der Waals surface area contributed by atoms with Crippen LogP contribution in [0.1, 0.15) is 30.5 Å². The number of hydrogen-bond acceptors (Lipinski definition) is 5. The summed E-state index contributed by atoms with van der Waals surface area (Å²) in [6, 6.07) is 14.0. The Labute approximate surface area is 211 Å². The number of rotatable bonds is 9. The van der Waals surface area contributed by atoms with E-state index in [1.165, 1.54) is 10.6 Å². The summed E-state index contributed by atoms with van der Waals surface area (Å²) in [4.78, 5) is 15.8. The first-order valence-electron chi connectivity index (χ1n) is 11.1. The molecule has 2 unspecified atom stereocenters. The van der Waals surface area contributed by atoms with Crippen LogP contribution in [0.3, 0.4) is 0 Å². The van der Waals surface area contributed by atoms with Crippen molar-refractivity contribution < 1.29 is 18.3 Å². The van der Waals surface area contributed by atoms with Crippen molar-refractivity contribution in [3.63, 3.8) is 0 Å². The van der Waals surface area contributed by atoms with Gasteiger partial charge >= 0.3 is 0 Å². The average Bonchev–Trinajstić information content (AvgIpc) is 2.82. The van der Waals surface area contributed by atoms with Gasteiger partial charge < -0.3 is 15.3 Å². The molecule has 1 aliphatic heterocycles. The Morgan fingerprint density at radius 2 is 1.74 bits per heavy atom. The Balaban J connectivity index is 1.80. The second-order valence-electron chi connectivity index (χ2n) is 8.83. The lowest BCUT2D eigenvalue weighted by Crippen LogP contribution is -2.50. The normalized spacial score (nSPS) is 18.3. The van der Waals surface area contributed by atoms with Crippen LogP contribution in [0.15, 0.2) is 48.5 Å². The standard InChI is InChI=1S/C24H31Cl2N3O4S/c1-24(19-8-9-20(25)21(26)16-19,10-11-28-12-14-29(15-13-28)34(2,32)33)23(31)27-22(17-30)18-6-4-3-5-7-18/h3-9,16,22,30H,10-15,17H2,1-2H3,(H,27,31). The number of piperazine rings is 1. The zero-order valence-corrected chi connectivity index (χ0v) is 21.7. The largest absolute Gasteiger partial charge is 0.394 e. The minimum atomic E-state index is -3.21. The highest BCUT2D eigenvalue weighted by molar-refractivity contribution is 7.88. The first-order valence-corrected chi connectivity index (χ1v) is 13.7. The lowest BCUT2D eigenvalue weighted by molar-refractivity contribution is -0.127. The maximum Gasteiger partial charge on any atom is 0.230 e. The number of benzene rings is 2. The molecule has 1 amide bonds. The van der Waals surface area contributed by atoms with Gasteiger partial charge in [-0.25, -0.2) is 8.42 Å². The van der Waals surface area contributed by atoms with Crippen molar-refractivity contribution in [1.82, 2.24) is 14.5 Å². The molecular formula is C24H31Cl2N3O4S. The fourth-order valence-electron chi connectivity index (χ4n) is 4.13. The van der Waals surface area contributed by atoms with Gasteiger partial charge in [0.2, 0.25) is 15.9 Å². The van der Waals surface area contributed by atoms with E-state index in [9.17, 15) is 18.3 Å². The van der Waals surface area contributed by atoms with E-state index >= 15 is 0 Å². The number of hydrogen-bond donors (Lipinski definition) is 2. The van der Waals surface area contributed by atoms with Crippen LogP contribution < -0.4 is 5.32 Å². The molecule has 34 heavy (non-hydrogen) atoms. The number of carbonyl (C=O) groups excluding carboxylic acids is 1. The molecule has 7 nitrogen and oxygen atoms in total. The molecule has 0 aliphatic carbocycles. The predicted molar refractivity (Wildman–Crippen MR) is 136 cm³/mol. The van der Waals surface area contributed by atoms with Gasteiger partial charge in [0.1, 0.15) is 0 Å². The van der Waals surface area contributed by atoms with Crippen molar-refractivity contribution in [3.8, 4) is 0 Å². The summed E-state index contributed by atoms with van der Waals surface area (Å²) in [6.07, 6.45) is 1.70. The van der Waals surface area contributed by atoms with Gasteiger partial charge in [0.25, 0.3) is 0 Å². The van der Waals surface area contributed by atoms with Crippen LogP contribution in [0.25, 0.3) is 0 Å². The summed E-state index contributed by atoms with van der Waals surface area (Å²) in [5.41, 5.74) is 0.579. The molecule has 2 aromatic rings. The Morgan fingerprint density at radius 1 is 1.09 bits per heavy atom. The average molecular weight is 529 g/mol. The zero-order valence-electron chi connectivity index (χ0n) is 19.4. The molecule has 0 radical (unpaired) electrons. The van der Waals surface area contributed by atoms with Gasteiger partial charge in [-0.3, -0.25) is 4.79 Å². The third-order valence-electron chi connectivity index (χ3n) is 6.48. The van der Waals surface area contributed by atoms with Crippen molar-refractivity contribution in [1.29, 1.82) is 0 Å². The fourth-order valence-corrected chi connectivity index (χ4v) is 5.26. The monoisotopic (exact) mass is 527 g/mol. The highest BCUT2D eigenvalue weighted by Crippen LogP contribution is 2.34. The van der Waals surface area contributed by atoms with Gasteiger partial charge in [0, 0.05) is 26.2 Å². The molecule has 186 valence electrons. The third kappa shape index (κ3) is 6.50. The molecule has 2 atom stereocenters. The minimum Gasteiger partial charge on any atom is -0.394 e. The smallest absolute Gasteiger partial charge is 0.230 e. The Morgan fingerprint density at radius 3 is 2.29 bits per heavy atom. The summed E-state index contributed by atoms with van der Waals surface area (Å²) in [5.74, 6) is -0.233. The van der Waals surface area contributed by atoms with Gasteiger partial charge in [0.05, 0.1) is 34.4 Å². The minimum absolute atomic E-state index is 0.233. The molecule has 1 heterocycles. The maximum atomic E-state index is 13.7. The van der Waals surface area contributed by atoms with E-state index in [4.69, 9.17) is 23.2 Å². The number of sulfonamides is 1. The number of nitrogens with zero attached hydrogens (tertiary/aromatic N) is 2. The molecule has 1 aliphatic rings. The second kappa shape index (κ2) is 11.4. The second-order valence-corrected chi connectivity index (χ2v) is 11.6. The molecule has 0 aromatic heterocycles. The fraction of sp³-hybridized carbons (Fsp3) is 0.458. The Kier molecular flexibility index (Phi) is 9.00. The molecule has 2 N–H and O–H groups in total. The van der Waals surface area contributed by atoms with Crippen LogP contribution in [-0.4, -0.2) is 74.2 Å². The number of carbonyl (C=O) groups is 1. The first-order chi connectivity index (χ1) is 16.0. The number of halogens is 2. The van der Waals surface area contributed by atoms with E-state index in [0.29, 0.717) is 49.2 Å². The summed E-state index contributed by atoms with van der Waals surface area (Å²) in [6.45, 7) is 4.25. The molecule has 0 bridgehead atoms. The van der Waals surface area contributed by atoms with Gasteiger partial charge in [0.15, 0.2) is 0 Å². The summed E-state index contributed by atoms with van der Waals surface area (Å²) < 4.78 is 25.1. The van der Waals surface area contributed by atoms with Crippen molar-refractivity contribution in [3.05, 3.63) is 69.7 Å². The summed E-state index contributed by atoms with van der Waals surface area (Å²) in [7, 11) is -3.21. The van der Waals surface area contributed by atoms with Gasteiger partial charge in [-0.2, -0.15) is 4.31 Å². The van der Waals surface area contributed by atoms with Gasteiger partial charge in [-0.05, 0) is 43.1 Å². The van der Waals surface area contributed by atoms with Crippen molar-refractivity contribution in [2.75, 3.05) is 45.6 Å². The predicted octanol–water partition coefficient (Wildman–Crippen LogP) is 3.07. The molecule has 0 saturated carbocycles. The van der Waals surface area contributed by atoms with Gasteiger partial charge in [-0.1, -0.05) is 59.6 Å². The molecule has 3 rings (SSSR count). The number of aliphatic hydroxyl groups is 1. The molecule has 0 spiro atoms. The highest BCUT2D eigenvalue weighted by Gasteiger charge is 2.37. The van der Waals surface area contributed by atoms with Crippen molar-refractivity contribution in [2.45, 2.75) is 24.8 Å². The van der Waals surface area contributed by atoms with Crippen LogP contribution >= 0.6 is 23.2 Å². The first kappa shape index (κ1) is 26.9. The topological polar surface area (TPSA) is 90.0 Å². The third-order valence-corrected chi connectivity index (χ3v) is 8.52. The maximum absolute atomic E-state index is 13.7. The van der Waals surface area contributed by atoms with Crippen molar-refractivity contribution in [2.24, 2.45) is 0 Å². The van der Waals surface area contributed by atoms with Crippen LogP contribution in [0.2, 0.25) is 10.0 Å². The lowest BCUT2D eigenvalue weighted by atomic mass is 9.78. The zero-order chi connectivity index (χ0) is 24.9. The van der Waals surface area contributed by atoms with Crippen molar-refractivity contribution >= 4 is 39.1 Å². The number of aliphatic hydroxyl groups excluding tert-OH is 1. The lowest BCUT2D eigenvalue weighted by Gasteiger charge is -2.37. The van der Waals surface area contributed by atoms with E-state index in [0.717, 1.165) is 11.1 Å². The van der Waals surface area contributed by atoms with Crippen LogP contribution in [-0.2, 0) is 20.2 Å². The highest BCUT2D eigenvalue weighted by atomic mass is 35.5. The molecule has 2 aromatic carbocycles. The number of nitrogens with one attached hydrogen (secondary N) is 1. The van der Waals surface area contributed by atoms with Crippen LogP contribution in [0, 0.1) is 0 Å². The van der Waals surface area contributed by atoms with E-state index in [1.54, 1.807) is 18.2 Å². The van der Waals surface area contributed by atoms with E-state index < -0.39 is 21.5 Å². The SMILES string of the molecule is CC(CCN1CCN(S(C)(=O)=O)CC1)(C(=O)NC(CO)c1ccccc1)c1ccc(Cl)c(Cl)c1. The van der Waals surface area contributed by atoms with Crippen LogP contribution in [0.4, 0.5) is 0 Å². The van der Waals surface area contributed by atoms with E-state index in [-0.39, 0.29) is 12.5 Å². The van der Waals surface area contributed by atoms with Crippen LogP contribution in [0.5, 0.6) is 0 Å². The number of amides is 1. The quantitative estimate of drug-likeness (QED) is 0.522. The Bertz CT molecular complexity index is 1090. The molecule has 10 heteroatoms. The molecular weight excluding hydrogens is 497 g/mol. The van der Waals surface area contributed by atoms with E-state index in [1.807, 2.05) is 37.3 Å². The summed E-state index contributed by atoms with van der Waals surface area (Å²) >= 11 is 12.4. The summed E-state index contributed by atoms with van der Waals surface area (Å²) in [5, 5.41) is 13.7. The van der Waals surface area contributed by atoms with E-state index in [2.05, 4.69) is 10.2 Å². The molecule has 1 fully saturated rings. The Hall–Kier alpha value is -1.68.